The highest BCUT2D eigenvalue weighted by Crippen LogP contribution is 2.38. The molecular weight excluding hydrogens is 429 g/mol. The van der Waals surface area contributed by atoms with E-state index in [9.17, 15) is 9.18 Å². The fraction of sp³-hybridized carbons (Fsp3) is 0.250. The Kier molecular flexibility index (Phi) is 5.83. The number of aromatic nitrogens is 3. The number of carbonyl (C=O) groups is 1. The van der Waals surface area contributed by atoms with E-state index in [-0.39, 0.29) is 17.0 Å². The van der Waals surface area contributed by atoms with E-state index < -0.39 is 11.1 Å². The fourth-order valence-corrected chi connectivity index (χ4v) is 4.44. The maximum atomic E-state index is 13.4. The van der Waals surface area contributed by atoms with Crippen LogP contribution in [0.4, 0.5) is 10.1 Å². The van der Waals surface area contributed by atoms with E-state index in [1.807, 2.05) is 38.1 Å². The van der Waals surface area contributed by atoms with Gasteiger partial charge in [0.05, 0.1) is 17.7 Å². The van der Waals surface area contributed by atoms with E-state index >= 15 is 0 Å². The number of anilines is 1. The van der Waals surface area contributed by atoms with E-state index in [0.717, 1.165) is 11.3 Å². The lowest BCUT2D eigenvalue weighted by Gasteiger charge is -2.32. The minimum atomic E-state index is -0.553. The number of ether oxygens (including phenoxy) is 1. The van der Waals surface area contributed by atoms with Gasteiger partial charge in [-0.1, -0.05) is 35.5 Å². The van der Waals surface area contributed by atoms with Gasteiger partial charge < -0.3 is 15.5 Å². The van der Waals surface area contributed by atoms with Gasteiger partial charge in [-0.3, -0.25) is 4.79 Å². The van der Waals surface area contributed by atoms with Crippen LogP contribution in [0.5, 0.6) is 5.75 Å². The molecule has 0 bridgehead atoms. The number of carbonyl (C=O) groups excluding carboxylic acids is 1. The third-order valence-electron chi connectivity index (χ3n) is 4.59. The molecule has 0 aliphatic carbocycles. The summed E-state index contributed by atoms with van der Waals surface area (Å²) >= 11 is 7.15. The summed E-state index contributed by atoms with van der Waals surface area (Å²) in [5.41, 5.74) is 4.66. The number of benzene rings is 2. The number of amides is 1. The summed E-state index contributed by atoms with van der Waals surface area (Å²) in [7, 11) is 0. The number of thioether (sulfide) groups is 1. The Balaban J connectivity index is 1.63. The van der Waals surface area contributed by atoms with Crippen LogP contribution in [0.1, 0.15) is 24.4 Å². The molecular formula is C20H19ClFN5O2S. The molecule has 1 amide bonds. The molecule has 3 aromatic rings. The first kappa shape index (κ1) is 20.5. The van der Waals surface area contributed by atoms with Crippen LogP contribution in [-0.2, 0) is 4.79 Å². The highest BCUT2D eigenvalue weighted by molar-refractivity contribution is 8.00. The minimum absolute atomic E-state index is 0.0550. The quantitative estimate of drug-likeness (QED) is 0.610. The summed E-state index contributed by atoms with van der Waals surface area (Å²) in [6, 6.07) is 11.3. The van der Waals surface area contributed by atoms with E-state index in [1.165, 1.54) is 30.0 Å². The number of rotatable bonds is 5. The van der Waals surface area contributed by atoms with Crippen molar-refractivity contribution < 1.29 is 13.9 Å². The van der Waals surface area contributed by atoms with Gasteiger partial charge in [0, 0.05) is 5.69 Å². The van der Waals surface area contributed by atoms with Crippen LogP contribution in [0.3, 0.4) is 0 Å². The second kappa shape index (κ2) is 8.53. The third-order valence-corrected chi connectivity index (χ3v) is 6.10. The minimum Gasteiger partial charge on any atom is -0.494 e. The largest absolute Gasteiger partial charge is 0.494 e. The van der Waals surface area contributed by atoms with Gasteiger partial charge in [-0.05, 0) is 49.7 Å². The summed E-state index contributed by atoms with van der Waals surface area (Å²) in [4.78, 5) is 13.1. The first-order valence-corrected chi connectivity index (χ1v) is 10.6. The standard InChI is InChI=1S/C20H19ClFN5O2S/c1-3-29-14-7-4-12(5-8-14)17-18(30-20-25-24-11(2)27(20)26-17)19(28)23-13-6-9-16(22)15(21)10-13/h4-10,17-18,26H,3H2,1-2H3,(H,23,28)/t17-,18+/m0/s1. The molecule has 1 aliphatic rings. The van der Waals surface area contributed by atoms with Crippen LogP contribution in [0.2, 0.25) is 5.02 Å². The molecule has 0 saturated heterocycles. The molecule has 0 saturated carbocycles. The van der Waals surface area contributed by atoms with Crippen molar-refractivity contribution in [1.29, 1.82) is 0 Å². The second-order valence-electron chi connectivity index (χ2n) is 6.63. The predicted octanol–water partition coefficient (Wildman–Crippen LogP) is 4.18. The molecule has 1 aliphatic heterocycles. The second-order valence-corrected chi connectivity index (χ2v) is 8.15. The molecule has 4 rings (SSSR count). The lowest BCUT2D eigenvalue weighted by molar-refractivity contribution is -0.116. The summed E-state index contributed by atoms with van der Waals surface area (Å²) in [5.74, 6) is 0.644. The lowest BCUT2D eigenvalue weighted by atomic mass is 10.0. The van der Waals surface area contributed by atoms with Crippen molar-refractivity contribution in [1.82, 2.24) is 14.9 Å². The third kappa shape index (κ3) is 4.08. The van der Waals surface area contributed by atoms with Gasteiger partial charge in [-0.15, -0.1) is 10.2 Å². The van der Waals surface area contributed by atoms with Gasteiger partial charge in [0.1, 0.15) is 22.6 Å². The monoisotopic (exact) mass is 447 g/mol. The average Bonchev–Trinajstić information content (AvgIpc) is 3.11. The zero-order chi connectivity index (χ0) is 21.3. The molecule has 0 radical (unpaired) electrons. The Morgan fingerprint density at radius 1 is 1.30 bits per heavy atom. The van der Waals surface area contributed by atoms with Crippen molar-refractivity contribution in [3.05, 3.63) is 64.7 Å². The molecule has 1 aromatic heterocycles. The van der Waals surface area contributed by atoms with Gasteiger partial charge in [-0.2, -0.15) is 0 Å². The van der Waals surface area contributed by atoms with Crippen LogP contribution in [0.15, 0.2) is 47.6 Å². The first-order valence-electron chi connectivity index (χ1n) is 9.30. The van der Waals surface area contributed by atoms with Crippen molar-refractivity contribution in [2.24, 2.45) is 0 Å². The first-order chi connectivity index (χ1) is 14.5. The van der Waals surface area contributed by atoms with E-state index in [2.05, 4.69) is 20.9 Å². The van der Waals surface area contributed by atoms with Gasteiger partial charge in [0.2, 0.25) is 11.1 Å². The van der Waals surface area contributed by atoms with E-state index in [4.69, 9.17) is 16.3 Å². The van der Waals surface area contributed by atoms with Crippen LogP contribution in [0, 0.1) is 12.7 Å². The van der Waals surface area contributed by atoms with Crippen LogP contribution < -0.4 is 15.5 Å². The zero-order valence-corrected chi connectivity index (χ0v) is 17.8. The SMILES string of the molecule is CCOc1ccc([C@@H]2Nn3c(C)nnc3S[C@H]2C(=O)Nc2ccc(F)c(Cl)c2)cc1. The Hall–Kier alpha value is -2.78. The molecule has 0 unspecified atom stereocenters. The Bertz CT molecular complexity index is 1080. The van der Waals surface area contributed by atoms with E-state index in [1.54, 1.807) is 4.68 Å². The maximum absolute atomic E-state index is 13.4. The highest BCUT2D eigenvalue weighted by Gasteiger charge is 2.37. The number of nitrogens with zero attached hydrogens (tertiary/aromatic N) is 3. The lowest BCUT2D eigenvalue weighted by Crippen LogP contribution is -2.41. The molecule has 2 heterocycles. The fourth-order valence-electron chi connectivity index (χ4n) is 3.14. The summed E-state index contributed by atoms with van der Waals surface area (Å²) in [6.45, 7) is 4.33. The number of halogens is 2. The van der Waals surface area contributed by atoms with Gasteiger partial charge in [-0.25, -0.2) is 9.07 Å². The number of aryl methyl sites for hydroxylation is 1. The van der Waals surface area contributed by atoms with Crippen LogP contribution in [0.25, 0.3) is 0 Å². The van der Waals surface area contributed by atoms with Crippen molar-refractivity contribution >= 4 is 35.0 Å². The molecule has 0 spiro atoms. The van der Waals surface area contributed by atoms with Crippen LogP contribution in [-0.4, -0.2) is 32.6 Å². The molecule has 156 valence electrons. The number of hydrogen-bond acceptors (Lipinski definition) is 6. The van der Waals surface area contributed by atoms with Crippen molar-refractivity contribution in [2.75, 3.05) is 17.3 Å². The Morgan fingerprint density at radius 3 is 2.77 bits per heavy atom. The normalized spacial score (nSPS) is 17.7. The van der Waals surface area contributed by atoms with E-state index in [0.29, 0.717) is 23.3 Å². The van der Waals surface area contributed by atoms with Crippen molar-refractivity contribution in [3.63, 3.8) is 0 Å². The maximum Gasteiger partial charge on any atom is 0.240 e. The molecule has 7 nitrogen and oxygen atoms in total. The van der Waals surface area contributed by atoms with Gasteiger partial charge >= 0.3 is 0 Å². The summed E-state index contributed by atoms with van der Waals surface area (Å²) in [5, 5.41) is 11.0. The number of nitrogens with one attached hydrogen (secondary N) is 2. The summed E-state index contributed by atoms with van der Waals surface area (Å²) in [6.07, 6.45) is 0. The Morgan fingerprint density at radius 2 is 2.07 bits per heavy atom. The molecule has 2 aromatic carbocycles. The molecule has 0 fully saturated rings. The average molecular weight is 448 g/mol. The molecule has 2 N–H and O–H groups in total. The number of fused-ring (bicyclic) bond motifs is 1. The van der Waals surface area contributed by atoms with Crippen molar-refractivity contribution in [2.45, 2.75) is 30.3 Å². The molecule has 30 heavy (non-hydrogen) atoms. The Labute approximate surface area is 181 Å². The highest BCUT2D eigenvalue weighted by atomic mass is 35.5. The smallest absolute Gasteiger partial charge is 0.240 e. The molecule has 10 heteroatoms. The van der Waals surface area contributed by atoms with Gasteiger partial charge in [0.25, 0.3) is 0 Å². The summed E-state index contributed by atoms with van der Waals surface area (Å²) < 4.78 is 20.7. The zero-order valence-electron chi connectivity index (χ0n) is 16.2. The number of hydrogen-bond donors (Lipinski definition) is 2. The van der Waals surface area contributed by atoms with Crippen LogP contribution >= 0.6 is 23.4 Å². The topological polar surface area (TPSA) is 81.1 Å². The van der Waals surface area contributed by atoms with Gasteiger partial charge in [0.15, 0.2) is 0 Å². The predicted molar refractivity (Wildman–Crippen MR) is 114 cm³/mol. The molecule has 2 atom stereocenters. The van der Waals surface area contributed by atoms with Crippen molar-refractivity contribution in [3.8, 4) is 5.75 Å².